The van der Waals surface area contributed by atoms with Gasteiger partial charge in [0.25, 0.3) is 11.8 Å². The van der Waals surface area contributed by atoms with Gasteiger partial charge in [0, 0.05) is 12.6 Å². The summed E-state index contributed by atoms with van der Waals surface area (Å²) in [5, 5.41) is 1.17. The van der Waals surface area contributed by atoms with E-state index in [1.165, 1.54) is 12.1 Å². The van der Waals surface area contributed by atoms with Crippen molar-refractivity contribution in [3.05, 3.63) is 35.4 Å². The minimum atomic E-state index is -0.800. The second kappa shape index (κ2) is 3.77. The first kappa shape index (κ1) is 10.4. The average molecular weight is 218 g/mol. The first-order valence-corrected chi connectivity index (χ1v) is 4.76. The van der Waals surface area contributed by atoms with Crippen LogP contribution in [0.1, 0.15) is 21.8 Å². The maximum Gasteiger partial charge on any atom is 0.257 e. The van der Waals surface area contributed by atoms with Gasteiger partial charge in [-0.2, -0.15) is 0 Å². The van der Waals surface area contributed by atoms with Crippen LogP contribution in [0.25, 0.3) is 0 Å². The molecule has 0 aliphatic carbocycles. The molecule has 1 heterocycles. The SMILES string of the molecule is CN1NC(=O)C(c2ccc(C=O)cc2)C1=O. The maximum atomic E-state index is 11.6. The Bertz CT molecular complexity index is 453. The first-order valence-electron chi connectivity index (χ1n) is 4.76. The van der Waals surface area contributed by atoms with Gasteiger partial charge >= 0.3 is 0 Å². The summed E-state index contributed by atoms with van der Waals surface area (Å²) in [5.74, 6) is -1.43. The van der Waals surface area contributed by atoms with E-state index in [-0.39, 0.29) is 11.8 Å². The fraction of sp³-hybridized carbons (Fsp3) is 0.182. The van der Waals surface area contributed by atoms with Crippen LogP contribution < -0.4 is 5.43 Å². The van der Waals surface area contributed by atoms with E-state index in [1.807, 2.05) is 0 Å². The van der Waals surface area contributed by atoms with E-state index in [4.69, 9.17) is 0 Å². The van der Waals surface area contributed by atoms with Crippen molar-refractivity contribution >= 4 is 18.1 Å². The summed E-state index contributed by atoms with van der Waals surface area (Å²) in [5.41, 5.74) is 3.53. The van der Waals surface area contributed by atoms with Gasteiger partial charge in [-0.15, -0.1) is 0 Å². The van der Waals surface area contributed by atoms with E-state index >= 15 is 0 Å². The molecule has 1 atom stereocenters. The van der Waals surface area contributed by atoms with Crippen molar-refractivity contribution in [2.24, 2.45) is 0 Å². The van der Waals surface area contributed by atoms with Gasteiger partial charge in [-0.25, -0.2) is 0 Å². The van der Waals surface area contributed by atoms with E-state index < -0.39 is 5.92 Å². The van der Waals surface area contributed by atoms with Crippen LogP contribution >= 0.6 is 0 Å². The second-order valence-corrected chi connectivity index (χ2v) is 3.59. The summed E-state index contributed by atoms with van der Waals surface area (Å²) in [7, 11) is 1.50. The van der Waals surface area contributed by atoms with Crippen LogP contribution in [0.15, 0.2) is 24.3 Å². The molecule has 0 bridgehead atoms. The lowest BCUT2D eigenvalue weighted by Crippen LogP contribution is -2.31. The second-order valence-electron chi connectivity index (χ2n) is 3.59. The number of likely N-dealkylation sites (N-methyl/N-ethyl adjacent to an activating group) is 1. The Kier molecular flexibility index (Phi) is 2.44. The zero-order valence-corrected chi connectivity index (χ0v) is 8.64. The molecule has 0 spiro atoms. The van der Waals surface area contributed by atoms with Crippen LogP contribution in [0.4, 0.5) is 0 Å². The summed E-state index contributed by atoms with van der Waals surface area (Å²) in [6.45, 7) is 0. The number of carbonyl (C=O) groups excluding carboxylic acids is 3. The van der Waals surface area contributed by atoms with E-state index in [2.05, 4.69) is 5.43 Å². The number of rotatable bonds is 2. The van der Waals surface area contributed by atoms with E-state index in [0.29, 0.717) is 17.4 Å². The molecule has 1 saturated heterocycles. The Morgan fingerprint density at radius 2 is 1.88 bits per heavy atom. The molecule has 1 aliphatic heterocycles. The minimum absolute atomic E-state index is 0.288. The Balaban J connectivity index is 2.33. The number of amides is 2. The molecule has 1 aromatic carbocycles. The number of nitrogens with zero attached hydrogens (tertiary/aromatic N) is 1. The number of benzene rings is 1. The van der Waals surface area contributed by atoms with Gasteiger partial charge < -0.3 is 0 Å². The number of nitrogens with one attached hydrogen (secondary N) is 1. The number of carbonyl (C=O) groups is 3. The normalized spacial score (nSPS) is 19.8. The zero-order valence-electron chi connectivity index (χ0n) is 8.64. The molecular weight excluding hydrogens is 208 g/mol. The molecule has 1 N–H and O–H groups in total. The van der Waals surface area contributed by atoms with Crippen molar-refractivity contribution in [1.29, 1.82) is 0 Å². The quantitative estimate of drug-likeness (QED) is 0.565. The Morgan fingerprint density at radius 3 is 2.31 bits per heavy atom. The Labute approximate surface area is 92.0 Å². The van der Waals surface area contributed by atoms with Gasteiger partial charge in [0.1, 0.15) is 12.2 Å². The average Bonchev–Trinajstić information content (AvgIpc) is 2.54. The molecule has 5 heteroatoms. The molecule has 2 rings (SSSR count). The molecule has 2 amide bonds. The molecule has 16 heavy (non-hydrogen) atoms. The Hall–Kier alpha value is -2.17. The maximum absolute atomic E-state index is 11.6. The monoisotopic (exact) mass is 218 g/mol. The number of hydrogen-bond acceptors (Lipinski definition) is 3. The van der Waals surface area contributed by atoms with Crippen molar-refractivity contribution < 1.29 is 14.4 Å². The van der Waals surface area contributed by atoms with Crippen molar-refractivity contribution in [1.82, 2.24) is 10.4 Å². The van der Waals surface area contributed by atoms with Crippen LogP contribution in [0.3, 0.4) is 0 Å². The molecule has 5 nitrogen and oxygen atoms in total. The number of aldehydes is 1. The van der Waals surface area contributed by atoms with E-state index in [9.17, 15) is 14.4 Å². The van der Waals surface area contributed by atoms with Gasteiger partial charge in [-0.3, -0.25) is 24.8 Å². The largest absolute Gasteiger partial charge is 0.298 e. The smallest absolute Gasteiger partial charge is 0.257 e. The first-order chi connectivity index (χ1) is 7.63. The predicted octanol–water partition coefficient (Wildman–Crippen LogP) is 0.0859. The summed E-state index contributed by atoms with van der Waals surface area (Å²) in [6.07, 6.45) is 0.715. The highest BCUT2D eigenvalue weighted by atomic mass is 16.2. The van der Waals surface area contributed by atoms with Gasteiger partial charge in [-0.1, -0.05) is 24.3 Å². The molecular formula is C11H10N2O3. The van der Waals surface area contributed by atoms with Crippen LogP contribution in [-0.2, 0) is 9.59 Å². The van der Waals surface area contributed by atoms with E-state index in [1.54, 1.807) is 24.3 Å². The topological polar surface area (TPSA) is 66.5 Å². The lowest BCUT2D eigenvalue weighted by molar-refractivity contribution is -0.129. The number of hydrazine groups is 1. The minimum Gasteiger partial charge on any atom is -0.298 e. The van der Waals surface area contributed by atoms with Crippen LogP contribution in [0.5, 0.6) is 0 Å². The Morgan fingerprint density at radius 1 is 1.25 bits per heavy atom. The third-order valence-corrected chi connectivity index (χ3v) is 2.52. The fourth-order valence-corrected chi connectivity index (χ4v) is 1.65. The molecule has 0 saturated carbocycles. The van der Waals surface area contributed by atoms with Crippen molar-refractivity contribution in [2.75, 3.05) is 7.05 Å². The molecule has 1 unspecified atom stereocenters. The lowest BCUT2D eigenvalue weighted by Gasteiger charge is -2.07. The number of hydrogen-bond donors (Lipinski definition) is 1. The molecule has 0 aromatic heterocycles. The molecule has 1 aliphatic rings. The summed E-state index contributed by atoms with van der Waals surface area (Å²) >= 11 is 0. The highest BCUT2D eigenvalue weighted by molar-refractivity contribution is 6.10. The van der Waals surface area contributed by atoms with Gasteiger partial charge in [0.05, 0.1) is 0 Å². The lowest BCUT2D eigenvalue weighted by atomic mass is 9.98. The van der Waals surface area contributed by atoms with Gasteiger partial charge in [0.15, 0.2) is 0 Å². The van der Waals surface area contributed by atoms with Crippen LogP contribution in [-0.4, -0.2) is 30.2 Å². The molecule has 1 fully saturated rings. The summed E-state index contributed by atoms with van der Waals surface area (Å²) in [4.78, 5) is 33.6. The third-order valence-electron chi connectivity index (χ3n) is 2.52. The predicted molar refractivity (Wildman–Crippen MR) is 55.5 cm³/mol. The van der Waals surface area contributed by atoms with Crippen molar-refractivity contribution in [3.63, 3.8) is 0 Å². The fourth-order valence-electron chi connectivity index (χ4n) is 1.65. The highest BCUT2D eigenvalue weighted by Gasteiger charge is 2.38. The van der Waals surface area contributed by atoms with E-state index in [0.717, 1.165) is 0 Å². The summed E-state index contributed by atoms with van der Waals surface area (Å²) < 4.78 is 0. The van der Waals surface area contributed by atoms with Crippen LogP contribution in [0, 0.1) is 0 Å². The van der Waals surface area contributed by atoms with Gasteiger partial charge in [0.2, 0.25) is 0 Å². The molecule has 0 radical (unpaired) electrons. The standard InChI is InChI=1S/C11H10N2O3/c1-13-11(16)9(10(15)12-13)8-4-2-7(6-14)3-5-8/h2-6,9H,1H3,(H,12,15). The van der Waals surface area contributed by atoms with Crippen LogP contribution in [0.2, 0.25) is 0 Å². The van der Waals surface area contributed by atoms with Gasteiger partial charge in [-0.05, 0) is 5.56 Å². The molecule has 82 valence electrons. The molecule has 1 aromatic rings. The summed E-state index contributed by atoms with van der Waals surface area (Å²) in [6, 6.07) is 6.40. The third kappa shape index (κ3) is 1.56. The van der Waals surface area contributed by atoms with Crippen molar-refractivity contribution in [2.45, 2.75) is 5.92 Å². The van der Waals surface area contributed by atoms with Crippen molar-refractivity contribution in [3.8, 4) is 0 Å². The zero-order chi connectivity index (χ0) is 11.7. The highest BCUT2D eigenvalue weighted by Crippen LogP contribution is 2.22.